The molecule has 2 aromatic heterocycles. The van der Waals surface area contributed by atoms with Gasteiger partial charge in [0.1, 0.15) is 23.8 Å². The molecule has 0 aliphatic carbocycles. The zero-order chi connectivity index (χ0) is 22.3. The predicted molar refractivity (Wildman–Crippen MR) is 121 cm³/mol. The second-order valence-electron chi connectivity index (χ2n) is 6.80. The van der Waals surface area contributed by atoms with E-state index in [2.05, 4.69) is 25.6 Å². The molecule has 2 aromatic carbocycles. The standard InChI is InChI=1S/C23H22N6O3/c1-16-24-11-12-29(16)22-13-21(25-15-26-22)27-17-7-9-18(10-8-17)28-23(30)14-32-20-6-4-3-5-19(20)31-2/h3-13,15H,14H2,1-2H3,(H,28,30)(H,25,26,27). The van der Waals surface area contributed by atoms with Crippen molar-refractivity contribution >= 4 is 23.1 Å². The number of carbonyl (C=O) groups excluding carboxylic acids is 1. The lowest BCUT2D eigenvalue weighted by molar-refractivity contribution is -0.118. The maximum atomic E-state index is 12.2. The van der Waals surface area contributed by atoms with Crippen LogP contribution in [-0.4, -0.2) is 39.1 Å². The summed E-state index contributed by atoms with van der Waals surface area (Å²) in [6.45, 7) is 1.78. The van der Waals surface area contributed by atoms with Crippen molar-refractivity contribution in [2.75, 3.05) is 24.4 Å². The molecule has 9 heteroatoms. The SMILES string of the molecule is COc1ccccc1OCC(=O)Nc1ccc(Nc2cc(-n3ccnc3C)ncn2)cc1. The van der Waals surface area contributed by atoms with Crippen molar-refractivity contribution in [1.29, 1.82) is 0 Å². The van der Waals surface area contributed by atoms with E-state index in [9.17, 15) is 4.79 Å². The normalized spacial score (nSPS) is 10.4. The van der Waals surface area contributed by atoms with Gasteiger partial charge in [0.15, 0.2) is 18.1 Å². The molecule has 0 saturated carbocycles. The van der Waals surface area contributed by atoms with Crippen LogP contribution in [0.1, 0.15) is 5.82 Å². The Morgan fingerprint density at radius 2 is 1.75 bits per heavy atom. The smallest absolute Gasteiger partial charge is 0.262 e. The fourth-order valence-corrected chi connectivity index (χ4v) is 3.03. The van der Waals surface area contributed by atoms with E-state index >= 15 is 0 Å². The Morgan fingerprint density at radius 3 is 2.47 bits per heavy atom. The number of amides is 1. The van der Waals surface area contributed by atoms with E-state index in [0.717, 1.165) is 17.3 Å². The molecule has 9 nitrogen and oxygen atoms in total. The third-order valence-electron chi connectivity index (χ3n) is 4.59. The maximum Gasteiger partial charge on any atom is 0.262 e. The number of ether oxygens (including phenoxy) is 2. The second-order valence-corrected chi connectivity index (χ2v) is 6.80. The largest absolute Gasteiger partial charge is 0.493 e. The highest BCUT2D eigenvalue weighted by atomic mass is 16.5. The van der Waals surface area contributed by atoms with Gasteiger partial charge in [-0.15, -0.1) is 0 Å². The first-order valence-corrected chi connectivity index (χ1v) is 9.87. The van der Waals surface area contributed by atoms with Crippen LogP contribution in [0.3, 0.4) is 0 Å². The molecule has 0 aliphatic rings. The number of benzene rings is 2. The first-order chi connectivity index (χ1) is 15.6. The molecule has 4 aromatic rings. The van der Waals surface area contributed by atoms with Crippen molar-refractivity contribution in [3.63, 3.8) is 0 Å². The summed E-state index contributed by atoms with van der Waals surface area (Å²) >= 11 is 0. The summed E-state index contributed by atoms with van der Waals surface area (Å²) in [6, 6.07) is 16.3. The Kier molecular flexibility index (Phi) is 6.26. The molecule has 0 saturated heterocycles. The summed E-state index contributed by atoms with van der Waals surface area (Å²) in [6.07, 6.45) is 5.06. The number of hydrogen-bond donors (Lipinski definition) is 2. The fraction of sp³-hybridized carbons (Fsp3) is 0.130. The Balaban J connectivity index is 1.34. The van der Waals surface area contributed by atoms with Crippen molar-refractivity contribution in [2.45, 2.75) is 6.92 Å². The molecule has 0 bridgehead atoms. The number of anilines is 3. The summed E-state index contributed by atoms with van der Waals surface area (Å²) < 4.78 is 12.6. The molecule has 32 heavy (non-hydrogen) atoms. The molecule has 2 N–H and O–H groups in total. The molecule has 0 spiro atoms. The van der Waals surface area contributed by atoms with E-state index in [1.54, 1.807) is 37.6 Å². The van der Waals surface area contributed by atoms with Crippen molar-refractivity contribution in [3.8, 4) is 17.3 Å². The lowest BCUT2D eigenvalue weighted by Gasteiger charge is -2.11. The Labute approximate surface area is 185 Å². The molecular formula is C23H22N6O3. The number of para-hydroxylation sites is 2. The lowest BCUT2D eigenvalue weighted by Crippen LogP contribution is -2.20. The number of aromatic nitrogens is 4. The summed E-state index contributed by atoms with van der Waals surface area (Å²) in [5.41, 5.74) is 1.47. The average molecular weight is 430 g/mol. The Morgan fingerprint density at radius 1 is 1.00 bits per heavy atom. The summed E-state index contributed by atoms with van der Waals surface area (Å²) in [5, 5.41) is 6.04. The highest BCUT2D eigenvalue weighted by molar-refractivity contribution is 5.92. The maximum absolute atomic E-state index is 12.2. The highest BCUT2D eigenvalue weighted by Crippen LogP contribution is 2.25. The average Bonchev–Trinajstić information content (AvgIpc) is 3.25. The van der Waals surface area contributed by atoms with Crippen molar-refractivity contribution < 1.29 is 14.3 Å². The number of carbonyl (C=O) groups is 1. The topological polar surface area (TPSA) is 103 Å². The van der Waals surface area contributed by atoms with Gasteiger partial charge in [0.05, 0.1) is 7.11 Å². The van der Waals surface area contributed by atoms with Crippen LogP contribution in [0.15, 0.2) is 73.3 Å². The van der Waals surface area contributed by atoms with Gasteiger partial charge in [-0.3, -0.25) is 9.36 Å². The molecule has 2 heterocycles. The van der Waals surface area contributed by atoms with Gasteiger partial charge in [0, 0.05) is 29.8 Å². The van der Waals surface area contributed by atoms with Crippen molar-refractivity contribution in [1.82, 2.24) is 19.5 Å². The van der Waals surface area contributed by atoms with Crippen molar-refractivity contribution in [3.05, 3.63) is 79.1 Å². The van der Waals surface area contributed by atoms with Crippen LogP contribution in [0.5, 0.6) is 11.5 Å². The number of nitrogens with one attached hydrogen (secondary N) is 2. The predicted octanol–water partition coefficient (Wildman–Crippen LogP) is 3.74. The minimum absolute atomic E-state index is 0.127. The first-order valence-electron chi connectivity index (χ1n) is 9.87. The van der Waals surface area contributed by atoms with Gasteiger partial charge < -0.3 is 20.1 Å². The minimum Gasteiger partial charge on any atom is -0.493 e. The van der Waals surface area contributed by atoms with Crippen LogP contribution in [0, 0.1) is 6.92 Å². The van der Waals surface area contributed by atoms with E-state index in [0.29, 0.717) is 23.0 Å². The molecule has 0 atom stereocenters. The van der Waals surface area contributed by atoms with Gasteiger partial charge >= 0.3 is 0 Å². The lowest BCUT2D eigenvalue weighted by atomic mass is 10.2. The van der Waals surface area contributed by atoms with E-state index < -0.39 is 0 Å². The molecular weight excluding hydrogens is 408 g/mol. The highest BCUT2D eigenvalue weighted by Gasteiger charge is 2.08. The van der Waals surface area contributed by atoms with E-state index in [-0.39, 0.29) is 12.5 Å². The number of imidazole rings is 1. The Bertz CT molecular complexity index is 1210. The molecule has 0 unspecified atom stereocenters. The molecule has 0 fully saturated rings. The second kappa shape index (κ2) is 9.61. The quantitative estimate of drug-likeness (QED) is 0.439. The Hall–Kier alpha value is -4.40. The number of nitrogens with zero attached hydrogens (tertiary/aromatic N) is 4. The van der Waals surface area contributed by atoms with E-state index in [4.69, 9.17) is 9.47 Å². The van der Waals surface area contributed by atoms with Gasteiger partial charge in [0.25, 0.3) is 5.91 Å². The van der Waals surface area contributed by atoms with Crippen molar-refractivity contribution in [2.24, 2.45) is 0 Å². The molecule has 0 radical (unpaired) electrons. The fourth-order valence-electron chi connectivity index (χ4n) is 3.03. The van der Waals surface area contributed by atoms with Crippen LogP contribution >= 0.6 is 0 Å². The number of rotatable bonds is 8. The van der Waals surface area contributed by atoms with E-state index in [1.165, 1.54) is 6.33 Å². The summed E-state index contributed by atoms with van der Waals surface area (Å²) in [7, 11) is 1.55. The molecule has 0 aliphatic heterocycles. The summed E-state index contributed by atoms with van der Waals surface area (Å²) in [5.74, 6) is 3.02. The molecule has 4 rings (SSSR count). The monoisotopic (exact) mass is 430 g/mol. The van der Waals surface area contributed by atoms with Crippen LogP contribution < -0.4 is 20.1 Å². The van der Waals surface area contributed by atoms with Crippen LogP contribution in [0.2, 0.25) is 0 Å². The van der Waals surface area contributed by atoms with Gasteiger partial charge in [-0.1, -0.05) is 12.1 Å². The zero-order valence-corrected chi connectivity index (χ0v) is 17.6. The third kappa shape index (κ3) is 5.01. The van der Waals surface area contributed by atoms with Crippen LogP contribution in [-0.2, 0) is 4.79 Å². The van der Waals surface area contributed by atoms with Gasteiger partial charge in [-0.2, -0.15) is 0 Å². The van der Waals surface area contributed by atoms with Gasteiger partial charge in [0.2, 0.25) is 0 Å². The van der Waals surface area contributed by atoms with Crippen LogP contribution in [0.4, 0.5) is 17.2 Å². The summed E-state index contributed by atoms with van der Waals surface area (Å²) in [4.78, 5) is 25.0. The number of methoxy groups -OCH3 is 1. The van der Waals surface area contributed by atoms with Gasteiger partial charge in [-0.25, -0.2) is 15.0 Å². The number of hydrogen-bond acceptors (Lipinski definition) is 7. The first kappa shape index (κ1) is 20.9. The molecule has 162 valence electrons. The molecule has 1 amide bonds. The van der Waals surface area contributed by atoms with E-state index in [1.807, 2.05) is 48.0 Å². The minimum atomic E-state index is -0.271. The number of aryl methyl sites for hydroxylation is 1. The zero-order valence-electron chi connectivity index (χ0n) is 17.6. The van der Waals surface area contributed by atoms with Gasteiger partial charge in [-0.05, 0) is 43.3 Å². The van der Waals surface area contributed by atoms with Crippen LogP contribution in [0.25, 0.3) is 5.82 Å². The third-order valence-corrected chi connectivity index (χ3v) is 4.59.